The number of rotatable bonds is 9. The quantitative estimate of drug-likeness (QED) is 0.172. The van der Waals surface area contributed by atoms with Crippen molar-refractivity contribution in [2.24, 2.45) is 7.05 Å². The normalized spacial score (nSPS) is 10.9. The summed E-state index contributed by atoms with van der Waals surface area (Å²) in [5, 5.41) is 1.33. The van der Waals surface area contributed by atoms with Gasteiger partial charge in [0.1, 0.15) is 12.4 Å². The zero-order chi connectivity index (χ0) is 24.9. The van der Waals surface area contributed by atoms with Crippen molar-refractivity contribution in [1.82, 2.24) is 14.5 Å². The van der Waals surface area contributed by atoms with Gasteiger partial charge in [0.15, 0.2) is 10.9 Å². The van der Waals surface area contributed by atoms with Crippen LogP contribution in [0, 0.1) is 6.92 Å². The van der Waals surface area contributed by atoms with Gasteiger partial charge in [-0.15, -0.1) is 12.4 Å². The average Bonchev–Trinajstić information content (AvgIpc) is 2.85. The third kappa shape index (κ3) is 6.35. The molecule has 0 atom stereocenters. The zero-order valence-corrected chi connectivity index (χ0v) is 22.5. The van der Waals surface area contributed by atoms with Gasteiger partial charge in [-0.1, -0.05) is 48.2 Å². The third-order valence-electron chi connectivity index (χ3n) is 5.78. The van der Waals surface area contributed by atoms with Crippen LogP contribution in [0.25, 0.3) is 10.9 Å². The van der Waals surface area contributed by atoms with Crippen molar-refractivity contribution in [2.45, 2.75) is 17.8 Å². The van der Waals surface area contributed by atoms with Gasteiger partial charge in [0.25, 0.3) is 5.56 Å². The molecule has 0 bridgehead atoms. The highest BCUT2D eigenvalue weighted by Gasteiger charge is 2.12. The minimum Gasteiger partial charge on any atom is -0.492 e. The van der Waals surface area contributed by atoms with E-state index >= 15 is 0 Å². The van der Waals surface area contributed by atoms with Crippen LogP contribution in [-0.2, 0) is 12.8 Å². The minimum atomic E-state index is -0.0364. The molecule has 0 unspecified atom stereocenters. The smallest absolute Gasteiger partial charge is 0.262 e. The second-order valence-electron chi connectivity index (χ2n) is 8.72. The van der Waals surface area contributed by atoms with Crippen LogP contribution < -0.4 is 10.3 Å². The molecule has 0 fully saturated rings. The molecular formula is C28H30ClN3O3S. The number of nitrogens with zero attached hydrogens (tertiary/aromatic N) is 3. The second kappa shape index (κ2) is 12.2. The first kappa shape index (κ1) is 27.5. The molecule has 188 valence electrons. The number of hydrogen-bond donors (Lipinski definition) is 0. The van der Waals surface area contributed by atoms with Gasteiger partial charge in [-0.2, -0.15) is 0 Å². The summed E-state index contributed by atoms with van der Waals surface area (Å²) in [6.45, 7) is 3.36. The summed E-state index contributed by atoms with van der Waals surface area (Å²) in [5.41, 5.74) is 3.91. The molecule has 0 aliphatic heterocycles. The van der Waals surface area contributed by atoms with Gasteiger partial charge in [-0.25, -0.2) is 4.98 Å². The molecule has 4 rings (SSSR count). The molecule has 0 aliphatic carbocycles. The highest BCUT2D eigenvalue weighted by molar-refractivity contribution is 7.98. The molecular weight excluding hydrogens is 494 g/mol. The molecule has 0 saturated carbocycles. The second-order valence-corrected chi connectivity index (χ2v) is 9.66. The molecule has 8 heteroatoms. The van der Waals surface area contributed by atoms with Crippen LogP contribution >= 0.6 is 24.2 Å². The van der Waals surface area contributed by atoms with E-state index in [1.807, 2.05) is 75.6 Å². The van der Waals surface area contributed by atoms with Gasteiger partial charge in [-0.3, -0.25) is 14.2 Å². The average molecular weight is 524 g/mol. The number of hydrogen-bond acceptors (Lipinski definition) is 6. The number of ketones is 1. The lowest BCUT2D eigenvalue weighted by molar-refractivity contribution is 0.103. The lowest BCUT2D eigenvalue weighted by atomic mass is 10.0. The molecule has 6 nitrogen and oxygen atoms in total. The Balaban J connectivity index is 0.00000361. The highest BCUT2D eigenvalue weighted by Crippen LogP contribution is 2.23. The van der Waals surface area contributed by atoms with Crippen molar-refractivity contribution in [3.63, 3.8) is 0 Å². The maximum atomic E-state index is 12.9. The number of carbonyl (C=O) groups is 1. The van der Waals surface area contributed by atoms with Crippen LogP contribution in [0.4, 0.5) is 0 Å². The number of halogens is 1. The van der Waals surface area contributed by atoms with Crippen LogP contribution in [0.2, 0.25) is 0 Å². The summed E-state index contributed by atoms with van der Waals surface area (Å²) in [6.07, 6.45) is 0. The van der Waals surface area contributed by atoms with Crippen LogP contribution in [0.5, 0.6) is 5.75 Å². The molecule has 0 saturated heterocycles. The Hall–Kier alpha value is -3.13. The summed E-state index contributed by atoms with van der Waals surface area (Å²) in [4.78, 5) is 32.4. The Morgan fingerprint density at radius 3 is 2.28 bits per heavy atom. The Kier molecular flexibility index (Phi) is 9.31. The zero-order valence-electron chi connectivity index (χ0n) is 20.9. The van der Waals surface area contributed by atoms with E-state index in [1.165, 1.54) is 11.8 Å². The number of aryl methyl sites for hydroxylation is 1. The van der Waals surface area contributed by atoms with E-state index < -0.39 is 0 Å². The van der Waals surface area contributed by atoms with E-state index in [0.717, 1.165) is 23.4 Å². The molecule has 0 aliphatic rings. The molecule has 0 radical (unpaired) electrons. The molecule has 1 aromatic heterocycles. The molecule has 36 heavy (non-hydrogen) atoms. The predicted octanol–water partition coefficient (Wildman–Crippen LogP) is 5.13. The summed E-state index contributed by atoms with van der Waals surface area (Å²) in [7, 11) is 5.75. The van der Waals surface area contributed by atoms with Gasteiger partial charge in [0.05, 0.1) is 10.9 Å². The molecule has 0 N–H and O–H groups in total. The van der Waals surface area contributed by atoms with Crippen molar-refractivity contribution in [1.29, 1.82) is 0 Å². The maximum absolute atomic E-state index is 12.9. The third-order valence-corrected chi connectivity index (χ3v) is 6.88. The number of aromatic nitrogens is 2. The lowest BCUT2D eigenvalue weighted by Gasteiger charge is -2.11. The summed E-state index contributed by atoms with van der Waals surface area (Å²) in [6, 6.07) is 20.5. The highest BCUT2D eigenvalue weighted by atomic mass is 35.5. The van der Waals surface area contributed by atoms with Gasteiger partial charge >= 0.3 is 0 Å². The largest absolute Gasteiger partial charge is 0.492 e. The Bertz CT molecular complexity index is 1400. The predicted molar refractivity (Wildman–Crippen MR) is 149 cm³/mol. The number of fused-ring (bicyclic) bond motifs is 1. The Labute approximate surface area is 221 Å². The number of carbonyl (C=O) groups excluding carboxylic acids is 1. The summed E-state index contributed by atoms with van der Waals surface area (Å²) in [5.74, 6) is 1.37. The van der Waals surface area contributed by atoms with Crippen molar-refractivity contribution in [2.75, 3.05) is 27.2 Å². The molecule has 3 aromatic carbocycles. The topological polar surface area (TPSA) is 64.4 Å². The van der Waals surface area contributed by atoms with Crippen molar-refractivity contribution in [3.05, 3.63) is 99.3 Å². The van der Waals surface area contributed by atoms with E-state index in [0.29, 0.717) is 39.5 Å². The van der Waals surface area contributed by atoms with Gasteiger partial charge in [0.2, 0.25) is 0 Å². The fourth-order valence-electron chi connectivity index (χ4n) is 3.70. The van der Waals surface area contributed by atoms with Crippen molar-refractivity contribution in [3.8, 4) is 5.75 Å². The molecule has 0 spiro atoms. The van der Waals surface area contributed by atoms with Gasteiger partial charge in [0, 0.05) is 30.5 Å². The van der Waals surface area contributed by atoms with Gasteiger partial charge in [-0.05, 0) is 62.5 Å². The van der Waals surface area contributed by atoms with Crippen LogP contribution in [0.15, 0.2) is 76.7 Å². The first-order valence-corrected chi connectivity index (χ1v) is 12.4. The number of likely N-dealkylation sites (N-methyl/N-ethyl adjacent to an activating group) is 1. The Morgan fingerprint density at radius 1 is 1.00 bits per heavy atom. The first-order valence-electron chi connectivity index (χ1n) is 11.4. The fourth-order valence-corrected chi connectivity index (χ4v) is 4.63. The SMILES string of the molecule is Cc1cccc2nc(SCc3ccc(C(=O)c4ccc(OCCN(C)C)cc4)cc3)n(C)c(=O)c12.Cl. The van der Waals surface area contributed by atoms with E-state index in [4.69, 9.17) is 9.72 Å². The lowest BCUT2D eigenvalue weighted by Crippen LogP contribution is -2.20. The summed E-state index contributed by atoms with van der Waals surface area (Å²) < 4.78 is 7.30. The van der Waals surface area contributed by atoms with E-state index in [2.05, 4.69) is 4.90 Å². The van der Waals surface area contributed by atoms with E-state index in [1.54, 1.807) is 23.7 Å². The van der Waals surface area contributed by atoms with Crippen LogP contribution in [0.1, 0.15) is 27.0 Å². The number of ether oxygens (including phenoxy) is 1. The first-order chi connectivity index (χ1) is 16.8. The Morgan fingerprint density at radius 2 is 1.64 bits per heavy atom. The number of thioether (sulfide) groups is 1. The van der Waals surface area contributed by atoms with Crippen LogP contribution in [0.3, 0.4) is 0 Å². The monoisotopic (exact) mass is 523 g/mol. The molecule has 4 aromatic rings. The summed E-state index contributed by atoms with van der Waals surface area (Å²) >= 11 is 1.51. The standard InChI is InChI=1S/C28H29N3O3S.ClH/c1-19-6-5-7-24-25(19)27(33)31(4)28(29-24)35-18-20-8-10-21(11-9-20)26(32)22-12-14-23(15-13-22)34-17-16-30(2)3;/h5-15H,16-18H2,1-4H3;1H. The molecule has 0 amide bonds. The van der Waals surface area contributed by atoms with E-state index in [9.17, 15) is 9.59 Å². The van der Waals surface area contributed by atoms with E-state index in [-0.39, 0.29) is 23.7 Å². The van der Waals surface area contributed by atoms with Crippen molar-refractivity contribution < 1.29 is 9.53 Å². The van der Waals surface area contributed by atoms with Gasteiger partial charge < -0.3 is 9.64 Å². The maximum Gasteiger partial charge on any atom is 0.262 e. The van der Waals surface area contributed by atoms with Crippen LogP contribution in [-0.4, -0.2) is 47.5 Å². The number of benzene rings is 3. The molecule has 1 heterocycles. The van der Waals surface area contributed by atoms with Crippen molar-refractivity contribution >= 4 is 40.9 Å². The fraction of sp³-hybridized carbons (Fsp3) is 0.250. The minimum absolute atomic E-state index is 0.